The molecule has 2 aromatic carbocycles. The monoisotopic (exact) mass is 271 g/mol. The van der Waals surface area contributed by atoms with Gasteiger partial charge in [-0.1, -0.05) is 30.3 Å². The zero-order valence-electron chi connectivity index (χ0n) is 10.7. The molecule has 3 heteroatoms. The van der Waals surface area contributed by atoms with Crippen molar-refractivity contribution in [3.8, 4) is 5.75 Å². The standard InChI is InChI=1S/C16H17NOS/c17-10-12-5-7-15(8-6-12)19-11-14-9-13-3-1-2-4-16(13)18-14/h1-8,14H,9-11,17H2. The average molecular weight is 271 g/mol. The molecule has 98 valence electrons. The summed E-state index contributed by atoms with van der Waals surface area (Å²) in [5.74, 6) is 2.03. The largest absolute Gasteiger partial charge is 0.489 e. The van der Waals surface area contributed by atoms with Gasteiger partial charge in [0.25, 0.3) is 0 Å². The van der Waals surface area contributed by atoms with Crippen molar-refractivity contribution >= 4 is 11.8 Å². The van der Waals surface area contributed by atoms with Gasteiger partial charge in [0, 0.05) is 23.6 Å². The Morgan fingerprint density at radius 3 is 2.63 bits per heavy atom. The van der Waals surface area contributed by atoms with E-state index in [1.807, 2.05) is 17.8 Å². The lowest BCUT2D eigenvalue weighted by Gasteiger charge is -2.10. The first kappa shape index (κ1) is 12.6. The molecule has 1 unspecified atom stereocenters. The number of thioether (sulfide) groups is 1. The highest BCUT2D eigenvalue weighted by atomic mass is 32.2. The molecule has 0 aliphatic carbocycles. The predicted octanol–water partition coefficient (Wildman–Crippen LogP) is 3.24. The van der Waals surface area contributed by atoms with Crippen LogP contribution in [0, 0.1) is 0 Å². The number of rotatable bonds is 4. The molecule has 2 aromatic rings. The predicted molar refractivity (Wildman–Crippen MR) is 79.6 cm³/mol. The first-order valence-electron chi connectivity index (χ1n) is 6.51. The van der Waals surface area contributed by atoms with E-state index >= 15 is 0 Å². The normalized spacial score (nSPS) is 17.0. The van der Waals surface area contributed by atoms with Crippen LogP contribution in [0.2, 0.25) is 0 Å². The van der Waals surface area contributed by atoms with Gasteiger partial charge in [-0.05, 0) is 29.3 Å². The van der Waals surface area contributed by atoms with E-state index in [0.29, 0.717) is 6.54 Å². The van der Waals surface area contributed by atoms with Gasteiger partial charge in [0.1, 0.15) is 11.9 Å². The molecule has 0 saturated heterocycles. The number of fused-ring (bicyclic) bond motifs is 1. The van der Waals surface area contributed by atoms with Crippen molar-refractivity contribution in [1.29, 1.82) is 0 Å². The molecule has 0 fully saturated rings. The molecule has 19 heavy (non-hydrogen) atoms. The molecule has 0 spiro atoms. The Balaban J connectivity index is 1.56. The fourth-order valence-corrected chi connectivity index (χ4v) is 3.15. The van der Waals surface area contributed by atoms with E-state index in [4.69, 9.17) is 10.5 Å². The summed E-state index contributed by atoms with van der Waals surface area (Å²) in [6.07, 6.45) is 1.31. The van der Waals surface area contributed by atoms with Crippen molar-refractivity contribution in [1.82, 2.24) is 0 Å². The Hall–Kier alpha value is -1.45. The van der Waals surface area contributed by atoms with Gasteiger partial charge in [-0.3, -0.25) is 0 Å². The Morgan fingerprint density at radius 1 is 1.11 bits per heavy atom. The molecular weight excluding hydrogens is 254 g/mol. The number of ether oxygens (including phenoxy) is 1. The number of benzene rings is 2. The van der Waals surface area contributed by atoms with Crippen LogP contribution in [-0.2, 0) is 13.0 Å². The summed E-state index contributed by atoms with van der Waals surface area (Å²) in [7, 11) is 0. The lowest BCUT2D eigenvalue weighted by molar-refractivity contribution is 0.259. The van der Waals surface area contributed by atoms with Crippen LogP contribution >= 0.6 is 11.8 Å². The van der Waals surface area contributed by atoms with Gasteiger partial charge in [-0.2, -0.15) is 0 Å². The van der Waals surface area contributed by atoms with Crippen LogP contribution in [0.1, 0.15) is 11.1 Å². The summed E-state index contributed by atoms with van der Waals surface area (Å²) in [6, 6.07) is 16.7. The van der Waals surface area contributed by atoms with Crippen LogP contribution in [0.5, 0.6) is 5.75 Å². The number of hydrogen-bond donors (Lipinski definition) is 1. The van der Waals surface area contributed by atoms with Gasteiger partial charge in [0.05, 0.1) is 0 Å². The first-order chi connectivity index (χ1) is 9.35. The molecule has 1 aliphatic rings. The van der Waals surface area contributed by atoms with Crippen LogP contribution in [0.4, 0.5) is 0 Å². The highest BCUT2D eigenvalue weighted by molar-refractivity contribution is 7.99. The van der Waals surface area contributed by atoms with Gasteiger partial charge in [-0.25, -0.2) is 0 Å². The molecule has 0 radical (unpaired) electrons. The van der Waals surface area contributed by atoms with Gasteiger partial charge in [0.15, 0.2) is 0 Å². The van der Waals surface area contributed by atoms with E-state index in [1.165, 1.54) is 16.0 Å². The highest BCUT2D eigenvalue weighted by Gasteiger charge is 2.22. The lowest BCUT2D eigenvalue weighted by atomic mass is 10.1. The molecular formula is C16H17NOS. The second-order valence-corrected chi connectivity index (χ2v) is 5.80. The maximum absolute atomic E-state index is 5.93. The fraction of sp³-hybridized carbons (Fsp3) is 0.250. The van der Waals surface area contributed by atoms with Crippen molar-refractivity contribution in [3.63, 3.8) is 0 Å². The average Bonchev–Trinajstić information content (AvgIpc) is 2.88. The zero-order valence-corrected chi connectivity index (χ0v) is 11.5. The van der Waals surface area contributed by atoms with Gasteiger partial charge in [-0.15, -0.1) is 11.8 Å². The van der Waals surface area contributed by atoms with Gasteiger partial charge < -0.3 is 10.5 Å². The number of hydrogen-bond acceptors (Lipinski definition) is 3. The molecule has 0 saturated carbocycles. The molecule has 1 heterocycles. The van der Waals surface area contributed by atoms with Crippen LogP contribution < -0.4 is 10.5 Å². The summed E-state index contributed by atoms with van der Waals surface area (Å²) in [5, 5.41) is 0. The van der Waals surface area contributed by atoms with Gasteiger partial charge >= 0.3 is 0 Å². The summed E-state index contributed by atoms with van der Waals surface area (Å²) in [6.45, 7) is 0.603. The molecule has 2 nitrogen and oxygen atoms in total. The Labute approximate surface area is 118 Å². The minimum absolute atomic E-state index is 0.289. The molecule has 1 aliphatic heterocycles. The van der Waals surface area contributed by atoms with Crippen molar-refractivity contribution in [2.75, 3.05) is 5.75 Å². The SMILES string of the molecule is NCc1ccc(SCC2Cc3ccccc3O2)cc1. The summed E-state index contributed by atoms with van der Waals surface area (Å²) in [5.41, 5.74) is 8.10. The fourth-order valence-electron chi connectivity index (χ4n) is 2.26. The second-order valence-electron chi connectivity index (χ2n) is 4.71. The van der Waals surface area contributed by atoms with Crippen LogP contribution in [-0.4, -0.2) is 11.9 Å². The van der Waals surface area contributed by atoms with Crippen LogP contribution in [0.3, 0.4) is 0 Å². The lowest BCUT2D eigenvalue weighted by Crippen LogP contribution is -2.15. The van der Waals surface area contributed by atoms with E-state index in [9.17, 15) is 0 Å². The van der Waals surface area contributed by atoms with Gasteiger partial charge in [0.2, 0.25) is 0 Å². The number of para-hydroxylation sites is 1. The van der Waals surface area contributed by atoms with Crippen LogP contribution in [0.15, 0.2) is 53.4 Å². The molecule has 3 rings (SSSR count). The number of nitrogens with two attached hydrogens (primary N) is 1. The third-order valence-corrected chi connectivity index (χ3v) is 4.45. The van der Waals surface area contributed by atoms with E-state index < -0.39 is 0 Å². The van der Waals surface area contributed by atoms with Crippen molar-refractivity contribution in [2.24, 2.45) is 5.73 Å². The van der Waals surface area contributed by atoms with E-state index in [0.717, 1.165) is 17.9 Å². The minimum atomic E-state index is 0.289. The van der Waals surface area contributed by atoms with E-state index in [-0.39, 0.29) is 6.10 Å². The molecule has 0 aromatic heterocycles. The zero-order chi connectivity index (χ0) is 13.1. The smallest absolute Gasteiger partial charge is 0.123 e. The Kier molecular flexibility index (Phi) is 3.76. The Bertz CT molecular complexity index is 528. The van der Waals surface area contributed by atoms with Crippen LogP contribution in [0.25, 0.3) is 0 Å². The summed E-state index contributed by atoms with van der Waals surface area (Å²) in [4.78, 5) is 1.27. The molecule has 1 atom stereocenters. The Morgan fingerprint density at radius 2 is 1.89 bits per heavy atom. The molecule has 0 amide bonds. The third-order valence-electron chi connectivity index (χ3n) is 3.31. The summed E-state index contributed by atoms with van der Waals surface area (Å²) >= 11 is 1.84. The van der Waals surface area contributed by atoms with E-state index in [1.54, 1.807) is 0 Å². The maximum atomic E-state index is 5.93. The highest BCUT2D eigenvalue weighted by Crippen LogP contribution is 2.31. The summed E-state index contributed by atoms with van der Waals surface area (Å²) < 4.78 is 5.93. The quantitative estimate of drug-likeness (QED) is 0.867. The first-order valence-corrected chi connectivity index (χ1v) is 7.50. The topological polar surface area (TPSA) is 35.2 Å². The molecule has 0 bridgehead atoms. The van der Waals surface area contributed by atoms with Crippen molar-refractivity contribution in [3.05, 3.63) is 59.7 Å². The third kappa shape index (κ3) is 2.94. The van der Waals surface area contributed by atoms with Crippen molar-refractivity contribution in [2.45, 2.75) is 24.0 Å². The minimum Gasteiger partial charge on any atom is -0.489 e. The second kappa shape index (κ2) is 5.68. The van der Waals surface area contributed by atoms with Crippen molar-refractivity contribution < 1.29 is 4.74 Å². The van der Waals surface area contributed by atoms with E-state index in [2.05, 4.69) is 42.5 Å². The maximum Gasteiger partial charge on any atom is 0.123 e. The molecule has 2 N–H and O–H groups in total.